The SMILES string of the molecule is CCCn1cccc1CNC(C)c1cc(C)oc1C. The normalized spacial score (nSPS) is 12.8. The third kappa shape index (κ3) is 3.29. The van der Waals surface area contributed by atoms with Crippen LogP contribution in [0.5, 0.6) is 0 Å². The number of furan rings is 1. The Hall–Kier alpha value is -1.48. The minimum absolute atomic E-state index is 0.308. The molecule has 1 unspecified atom stereocenters. The summed E-state index contributed by atoms with van der Waals surface area (Å²) in [6.07, 6.45) is 3.32. The van der Waals surface area contributed by atoms with Gasteiger partial charge in [0.1, 0.15) is 11.5 Å². The summed E-state index contributed by atoms with van der Waals surface area (Å²) < 4.78 is 7.90. The van der Waals surface area contributed by atoms with Crippen LogP contribution in [0.1, 0.15) is 49.1 Å². The molecule has 2 aromatic heterocycles. The van der Waals surface area contributed by atoms with Crippen molar-refractivity contribution in [1.29, 1.82) is 0 Å². The van der Waals surface area contributed by atoms with Gasteiger partial charge in [-0.05, 0) is 45.4 Å². The van der Waals surface area contributed by atoms with E-state index in [1.54, 1.807) is 0 Å². The molecular formula is C16H24N2O. The van der Waals surface area contributed by atoms with Gasteiger partial charge in [-0.15, -0.1) is 0 Å². The minimum atomic E-state index is 0.308. The van der Waals surface area contributed by atoms with Gasteiger partial charge >= 0.3 is 0 Å². The molecule has 0 aliphatic carbocycles. The molecule has 0 radical (unpaired) electrons. The molecule has 0 aromatic carbocycles. The second kappa shape index (κ2) is 6.11. The number of rotatable bonds is 6. The second-order valence-electron chi connectivity index (χ2n) is 5.16. The van der Waals surface area contributed by atoms with Crippen LogP contribution in [-0.2, 0) is 13.1 Å². The van der Waals surface area contributed by atoms with Crippen LogP contribution in [0.4, 0.5) is 0 Å². The molecule has 0 aliphatic rings. The highest BCUT2D eigenvalue weighted by Crippen LogP contribution is 2.21. The van der Waals surface area contributed by atoms with Crippen molar-refractivity contribution in [2.45, 2.75) is 53.2 Å². The lowest BCUT2D eigenvalue weighted by Gasteiger charge is -2.14. The van der Waals surface area contributed by atoms with Crippen molar-refractivity contribution in [1.82, 2.24) is 9.88 Å². The summed E-state index contributed by atoms with van der Waals surface area (Å²) in [7, 11) is 0. The number of aromatic nitrogens is 1. The van der Waals surface area contributed by atoms with Crippen molar-refractivity contribution < 1.29 is 4.42 Å². The predicted molar refractivity (Wildman–Crippen MR) is 78.2 cm³/mol. The van der Waals surface area contributed by atoms with Gasteiger partial charge in [0.15, 0.2) is 0 Å². The smallest absolute Gasteiger partial charge is 0.105 e. The van der Waals surface area contributed by atoms with Gasteiger partial charge in [0, 0.05) is 36.6 Å². The first-order chi connectivity index (χ1) is 9.11. The van der Waals surface area contributed by atoms with Crippen LogP contribution in [0.3, 0.4) is 0 Å². The van der Waals surface area contributed by atoms with E-state index in [2.05, 4.69) is 48.1 Å². The molecule has 0 saturated heterocycles. The Morgan fingerprint density at radius 2 is 2.16 bits per heavy atom. The van der Waals surface area contributed by atoms with E-state index >= 15 is 0 Å². The van der Waals surface area contributed by atoms with Crippen molar-refractivity contribution in [2.75, 3.05) is 0 Å². The maximum Gasteiger partial charge on any atom is 0.105 e. The fourth-order valence-electron chi connectivity index (χ4n) is 2.52. The van der Waals surface area contributed by atoms with Crippen molar-refractivity contribution in [2.24, 2.45) is 0 Å². The topological polar surface area (TPSA) is 30.1 Å². The zero-order valence-corrected chi connectivity index (χ0v) is 12.4. The Labute approximate surface area is 115 Å². The molecule has 0 bridgehead atoms. The number of nitrogens with one attached hydrogen (secondary N) is 1. The predicted octanol–water partition coefficient (Wildman–Crippen LogP) is 3.96. The van der Waals surface area contributed by atoms with E-state index < -0.39 is 0 Å². The van der Waals surface area contributed by atoms with E-state index in [1.165, 1.54) is 11.3 Å². The first-order valence-corrected chi connectivity index (χ1v) is 7.06. The Morgan fingerprint density at radius 1 is 1.37 bits per heavy atom. The highest BCUT2D eigenvalue weighted by Gasteiger charge is 2.12. The number of aryl methyl sites for hydroxylation is 3. The van der Waals surface area contributed by atoms with Crippen molar-refractivity contribution >= 4 is 0 Å². The lowest BCUT2D eigenvalue weighted by Crippen LogP contribution is -2.20. The van der Waals surface area contributed by atoms with E-state index in [1.807, 2.05) is 13.8 Å². The van der Waals surface area contributed by atoms with Crippen LogP contribution in [0, 0.1) is 13.8 Å². The average molecular weight is 260 g/mol. The lowest BCUT2D eigenvalue weighted by atomic mass is 10.1. The molecule has 0 amide bonds. The third-order valence-electron chi connectivity index (χ3n) is 3.52. The lowest BCUT2D eigenvalue weighted by molar-refractivity contribution is 0.486. The summed E-state index contributed by atoms with van der Waals surface area (Å²) in [6, 6.07) is 6.73. The van der Waals surface area contributed by atoms with Crippen molar-refractivity contribution in [3.8, 4) is 0 Å². The quantitative estimate of drug-likeness (QED) is 0.852. The molecule has 0 saturated carbocycles. The molecular weight excluding hydrogens is 236 g/mol. The zero-order valence-electron chi connectivity index (χ0n) is 12.4. The molecule has 2 aromatic rings. The largest absolute Gasteiger partial charge is 0.466 e. The molecule has 1 atom stereocenters. The van der Waals surface area contributed by atoms with E-state index in [9.17, 15) is 0 Å². The highest BCUT2D eigenvalue weighted by atomic mass is 16.3. The summed E-state index contributed by atoms with van der Waals surface area (Å²) in [5.74, 6) is 2.00. The van der Waals surface area contributed by atoms with Crippen LogP contribution in [0.2, 0.25) is 0 Å². The van der Waals surface area contributed by atoms with E-state index in [4.69, 9.17) is 4.42 Å². The summed E-state index contributed by atoms with van der Waals surface area (Å²) >= 11 is 0. The maximum absolute atomic E-state index is 5.59. The Balaban J connectivity index is 1.98. The first kappa shape index (κ1) is 13.9. The Morgan fingerprint density at radius 3 is 2.79 bits per heavy atom. The standard InChI is InChI=1S/C16H24N2O/c1-5-8-18-9-6-7-15(18)11-17-13(3)16-10-12(2)19-14(16)4/h6-7,9-10,13,17H,5,8,11H2,1-4H3. The van der Waals surface area contributed by atoms with Gasteiger partial charge < -0.3 is 14.3 Å². The molecule has 104 valence electrons. The van der Waals surface area contributed by atoms with Crippen LogP contribution in [-0.4, -0.2) is 4.57 Å². The van der Waals surface area contributed by atoms with Gasteiger partial charge in [0.05, 0.1) is 0 Å². The van der Waals surface area contributed by atoms with Crippen LogP contribution < -0.4 is 5.32 Å². The van der Waals surface area contributed by atoms with Gasteiger partial charge in [0.2, 0.25) is 0 Å². The number of nitrogens with zero attached hydrogens (tertiary/aromatic N) is 1. The molecule has 2 heterocycles. The molecule has 2 rings (SSSR count). The van der Waals surface area contributed by atoms with Gasteiger partial charge in [-0.2, -0.15) is 0 Å². The molecule has 0 aliphatic heterocycles. The summed E-state index contributed by atoms with van der Waals surface area (Å²) in [5, 5.41) is 3.57. The fraction of sp³-hybridized carbons (Fsp3) is 0.500. The van der Waals surface area contributed by atoms with E-state index in [-0.39, 0.29) is 0 Å². The highest BCUT2D eigenvalue weighted by molar-refractivity contribution is 5.23. The van der Waals surface area contributed by atoms with Gasteiger partial charge in [-0.25, -0.2) is 0 Å². The van der Waals surface area contributed by atoms with Crippen molar-refractivity contribution in [3.05, 3.63) is 47.2 Å². The summed E-state index contributed by atoms with van der Waals surface area (Å²) in [5.41, 5.74) is 2.60. The second-order valence-corrected chi connectivity index (χ2v) is 5.16. The molecule has 1 N–H and O–H groups in total. The van der Waals surface area contributed by atoms with E-state index in [0.29, 0.717) is 6.04 Å². The van der Waals surface area contributed by atoms with Crippen LogP contribution in [0.25, 0.3) is 0 Å². The number of hydrogen-bond acceptors (Lipinski definition) is 2. The van der Waals surface area contributed by atoms with Crippen LogP contribution >= 0.6 is 0 Å². The first-order valence-electron chi connectivity index (χ1n) is 7.06. The van der Waals surface area contributed by atoms with E-state index in [0.717, 1.165) is 31.0 Å². The Bertz CT molecular complexity index is 525. The molecule has 0 fully saturated rings. The van der Waals surface area contributed by atoms with Crippen molar-refractivity contribution in [3.63, 3.8) is 0 Å². The molecule has 19 heavy (non-hydrogen) atoms. The minimum Gasteiger partial charge on any atom is -0.466 e. The monoisotopic (exact) mass is 260 g/mol. The van der Waals surface area contributed by atoms with Gasteiger partial charge in [-0.1, -0.05) is 6.92 Å². The van der Waals surface area contributed by atoms with Crippen LogP contribution in [0.15, 0.2) is 28.8 Å². The fourth-order valence-corrected chi connectivity index (χ4v) is 2.52. The number of hydrogen-bond donors (Lipinski definition) is 1. The molecule has 0 spiro atoms. The zero-order chi connectivity index (χ0) is 13.8. The molecule has 3 heteroatoms. The third-order valence-corrected chi connectivity index (χ3v) is 3.52. The summed E-state index contributed by atoms with van der Waals surface area (Å²) in [6.45, 7) is 10.4. The average Bonchev–Trinajstić information content (AvgIpc) is 2.93. The summed E-state index contributed by atoms with van der Waals surface area (Å²) in [4.78, 5) is 0. The molecule has 3 nitrogen and oxygen atoms in total. The Kier molecular flexibility index (Phi) is 4.48. The van der Waals surface area contributed by atoms with Gasteiger partial charge in [0.25, 0.3) is 0 Å². The van der Waals surface area contributed by atoms with Gasteiger partial charge in [-0.3, -0.25) is 0 Å². The maximum atomic E-state index is 5.59.